The van der Waals surface area contributed by atoms with Crippen molar-refractivity contribution in [2.45, 2.75) is 27.4 Å². The van der Waals surface area contributed by atoms with E-state index in [-0.39, 0.29) is 5.91 Å². The van der Waals surface area contributed by atoms with Gasteiger partial charge in [-0.1, -0.05) is 30.3 Å². The van der Waals surface area contributed by atoms with Gasteiger partial charge in [0, 0.05) is 0 Å². The van der Waals surface area contributed by atoms with Crippen LogP contribution in [-0.4, -0.2) is 24.2 Å². The minimum absolute atomic E-state index is 0.179. The lowest BCUT2D eigenvalue weighted by Crippen LogP contribution is -2.30. The van der Waals surface area contributed by atoms with E-state index < -0.39 is 0 Å². The summed E-state index contributed by atoms with van der Waals surface area (Å²) in [4.78, 5) is 14.5. The smallest absolute Gasteiger partial charge is 0.281 e. The molecule has 1 aliphatic heterocycles. The molecule has 0 radical (unpaired) electrons. The maximum Gasteiger partial charge on any atom is 0.281 e. The highest BCUT2D eigenvalue weighted by Gasteiger charge is 2.31. The molecular formula is C28H28N2O4S. The molecule has 1 saturated heterocycles. The van der Waals surface area contributed by atoms with Crippen LogP contribution >= 0.6 is 12.2 Å². The summed E-state index contributed by atoms with van der Waals surface area (Å²) in [5, 5.41) is 3.40. The second-order valence-electron chi connectivity index (χ2n) is 7.97. The Hall–Kier alpha value is -3.84. The SMILES string of the molecule is CCOc1ccc(COc2ccc(/C=C3/NC(=S)N(c4cccc(C)c4)C3=O)cc2)cc1OCC. The van der Waals surface area contributed by atoms with Gasteiger partial charge in [-0.15, -0.1) is 0 Å². The molecule has 1 heterocycles. The number of anilines is 1. The molecule has 180 valence electrons. The molecule has 0 atom stereocenters. The van der Waals surface area contributed by atoms with Crippen LogP contribution < -0.4 is 24.4 Å². The van der Waals surface area contributed by atoms with E-state index in [4.69, 9.17) is 26.4 Å². The number of amides is 1. The molecular weight excluding hydrogens is 460 g/mol. The number of aryl methyl sites for hydroxylation is 1. The highest BCUT2D eigenvalue weighted by atomic mass is 32.1. The van der Waals surface area contributed by atoms with Crippen molar-refractivity contribution in [3.8, 4) is 17.2 Å². The maximum atomic E-state index is 13.0. The first-order chi connectivity index (χ1) is 17.0. The van der Waals surface area contributed by atoms with E-state index in [0.717, 1.165) is 33.9 Å². The van der Waals surface area contributed by atoms with Crippen molar-refractivity contribution in [3.05, 3.63) is 89.1 Å². The lowest BCUT2D eigenvalue weighted by molar-refractivity contribution is -0.113. The first kappa shape index (κ1) is 24.3. The van der Waals surface area contributed by atoms with E-state index in [0.29, 0.717) is 36.4 Å². The zero-order chi connectivity index (χ0) is 24.8. The molecule has 0 unspecified atom stereocenters. The summed E-state index contributed by atoms with van der Waals surface area (Å²) in [6.07, 6.45) is 1.79. The molecule has 0 bridgehead atoms. The first-order valence-corrected chi connectivity index (χ1v) is 11.9. The predicted octanol–water partition coefficient (Wildman–Crippen LogP) is 5.63. The fourth-order valence-corrected chi connectivity index (χ4v) is 4.01. The average Bonchev–Trinajstić information content (AvgIpc) is 3.13. The fourth-order valence-electron chi connectivity index (χ4n) is 3.72. The minimum Gasteiger partial charge on any atom is -0.490 e. The highest BCUT2D eigenvalue weighted by Crippen LogP contribution is 2.29. The number of nitrogens with zero attached hydrogens (tertiary/aromatic N) is 1. The molecule has 0 spiro atoms. The normalized spacial score (nSPS) is 14.3. The van der Waals surface area contributed by atoms with Crippen LogP contribution in [0.2, 0.25) is 0 Å². The lowest BCUT2D eigenvalue weighted by atomic mass is 10.1. The first-order valence-electron chi connectivity index (χ1n) is 11.5. The second-order valence-corrected chi connectivity index (χ2v) is 8.36. The Kier molecular flexibility index (Phi) is 7.67. The Balaban J connectivity index is 1.42. The van der Waals surface area contributed by atoms with Gasteiger partial charge < -0.3 is 19.5 Å². The van der Waals surface area contributed by atoms with Gasteiger partial charge in [0.25, 0.3) is 5.91 Å². The Bertz CT molecular complexity index is 1250. The summed E-state index contributed by atoms with van der Waals surface area (Å²) >= 11 is 5.40. The topological polar surface area (TPSA) is 60.0 Å². The third-order valence-electron chi connectivity index (χ3n) is 5.34. The number of hydrogen-bond acceptors (Lipinski definition) is 5. The Morgan fingerprint density at radius 3 is 2.37 bits per heavy atom. The van der Waals surface area contributed by atoms with Crippen LogP contribution in [0.1, 0.15) is 30.5 Å². The summed E-state index contributed by atoms with van der Waals surface area (Å²) in [5.41, 5.74) is 4.09. The van der Waals surface area contributed by atoms with Crippen LogP contribution in [0.4, 0.5) is 5.69 Å². The second kappa shape index (κ2) is 11.1. The summed E-state index contributed by atoms with van der Waals surface area (Å²) in [6, 6.07) is 21.1. The largest absolute Gasteiger partial charge is 0.490 e. The average molecular weight is 489 g/mol. The zero-order valence-corrected chi connectivity index (χ0v) is 20.9. The molecule has 1 amide bonds. The number of ether oxygens (including phenoxy) is 3. The van der Waals surface area contributed by atoms with E-state index in [1.807, 2.05) is 87.5 Å². The van der Waals surface area contributed by atoms with Gasteiger partial charge in [0.1, 0.15) is 18.1 Å². The molecule has 35 heavy (non-hydrogen) atoms. The van der Waals surface area contributed by atoms with Crippen molar-refractivity contribution in [1.29, 1.82) is 0 Å². The highest BCUT2D eigenvalue weighted by molar-refractivity contribution is 7.80. The van der Waals surface area contributed by atoms with E-state index in [1.54, 1.807) is 6.08 Å². The maximum absolute atomic E-state index is 13.0. The molecule has 7 heteroatoms. The van der Waals surface area contributed by atoms with Crippen molar-refractivity contribution in [3.63, 3.8) is 0 Å². The van der Waals surface area contributed by atoms with Crippen LogP contribution in [-0.2, 0) is 11.4 Å². The minimum atomic E-state index is -0.179. The van der Waals surface area contributed by atoms with Crippen molar-refractivity contribution < 1.29 is 19.0 Å². The van der Waals surface area contributed by atoms with Gasteiger partial charge in [-0.2, -0.15) is 0 Å². The van der Waals surface area contributed by atoms with Gasteiger partial charge in [-0.25, -0.2) is 0 Å². The molecule has 1 aliphatic rings. The summed E-state index contributed by atoms with van der Waals surface area (Å²) < 4.78 is 17.2. The Morgan fingerprint density at radius 2 is 1.66 bits per heavy atom. The summed E-state index contributed by atoms with van der Waals surface area (Å²) in [7, 11) is 0. The van der Waals surface area contributed by atoms with Crippen LogP contribution in [0, 0.1) is 6.92 Å². The number of hydrogen-bond donors (Lipinski definition) is 1. The van der Waals surface area contributed by atoms with E-state index in [2.05, 4.69) is 5.32 Å². The number of benzene rings is 3. The van der Waals surface area contributed by atoms with Crippen LogP contribution in [0.25, 0.3) is 6.08 Å². The van der Waals surface area contributed by atoms with Gasteiger partial charge in [0.2, 0.25) is 0 Å². The Labute approximate surface area is 211 Å². The van der Waals surface area contributed by atoms with Crippen LogP contribution in [0.15, 0.2) is 72.4 Å². The monoisotopic (exact) mass is 488 g/mol. The fraction of sp³-hybridized carbons (Fsp3) is 0.214. The van der Waals surface area contributed by atoms with E-state index in [1.165, 1.54) is 4.90 Å². The molecule has 0 aliphatic carbocycles. The van der Waals surface area contributed by atoms with Gasteiger partial charge in [0.15, 0.2) is 16.6 Å². The lowest BCUT2D eigenvalue weighted by Gasteiger charge is -2.14. The quantitative estimate of drug-likeness (QED) is 0.311. The number of carbonyl (C=O) groups excluding carboxylic acids is 1. The van der Waals surface area contributed by atoms with E-state index in [9.17, 15) is 4.79 Å². The third kappa shape index (κ3) is 5.81. The van der Waals surface area contributed by atoms with Gasteiger partial charge in [-0.3, -0.25) is 9.69 Å². The van der Waals surface area contributed by atoms with Crippen molar-refractivity contribution >= 4 is 35.0 Å². The molecule has 0 saturated carbocycles. The number of rotatable bonds is 9. The van der Waals surface area contributed by atoms with Crippen molar-refractivity contribution in [2.24, 2.45) is 0 Å². The summed E-state index contributed by atoms with van der Waals surface area (Å²) in [5.74, 6) is 1.98. The standard InChI is InChI=1S/C28H28N2O4S/c1-4-32-25-14-11-21(17-26(25)33-5-2)18-34-23-12-9-20(10-13-23)16-24-27(31)30(28(35)29-24)22-8-6-7-19(3)15-22/h6-17H,4-5,18H2,1-3H3,(H,29,35)/b24-16+. The molecule has 4 rings (SSSR count). The number of thiocarbonyl (C=S) groups is 1. The molecule has 6 nitrogen and oxygen atoms in total. The number of nitrogens with one attached hydrogen (secondary N) is 1. The molecule has 3 aromatic carbocycles. The Morgan fingerprint density at radius 1 is 0.914 bits per heavy atom. The summed E-state index contributed by atoms with van der Waals surface area (Å²) in [6.45, 7) is 7.40. The van der Waals surface area contributed by atoms with Gasteiger partial charge in [-0.05, 0) is 92.2 Å². The van der Waals surface area contributed by atoms with Crippen molar-refractivity contribution in [1.82, 2.24) is 5.32 Å². The van der Waals surface area contributed by atoms with Crippen LogP contribution in [0.5, 0.6) is 17.2 Å². The van der Waals surface area contributed by atoms with E-state index >= 15 is 0 Å². The van der Waals surface area contributed by atoms with Gasteiger partial charge in [0.05, 0.1) is 18.9 Å². The zero-order valence-electron chi connectivity index (χ0n) is 20.0. The predicted molar refractivity (Wildman–Crippen MR) is 142 cm³/mol. The molecule has 1 N–H and O–H groups in total. The third-order valence-corrected chi connectivity index (χ3v) is 5.63. The van der Waals surface area contributed by atoms with Crippen LogP contribution in [0.3, 0.4) is 0 Å². The van der Waals surface area contributed by atoms with Gasteiger partial charge >= 0.3 is 0 Å². The molecule has 0 aromatic heterocycles. The molecule has 1 fully saturated rings. The molecule has 3 aromatic rings. The van der Waals surface area contributed by atoms with Crippen molar-refractivity contribution in [2.75, 3.05) is 18.1 Å². The number of carbonyl (C=O) groups is 1.